The first-order chi connectivity index (χ1) is 17.3. The number of fused-ring (bicyclic) bond motifs is 5. The molecule has 35 heavy (non-hydrogen) atoms. The Morgan fingerprint density at radius 3 is 2.17 bits per heavy atom. The molecule has 184 valence electrons. The van der Waals surface area contributed by atoms with E-state index in [4.69, 9.17) is 4.98 Å². The molecule has 6 atom stereocenters. The summed E-state index contributed by atoms with van der Waals surface area (Å²) in [5.41, 5.74) is 3.58. The van der Waals surface area contributed by atoms with Crippen LogP contribution in [-0.4, -0.2) is 37.6 Å². The van der Waals surface area contributed by atoms with Crippen molar-refractivity contribution in [2.45, 2.75) is 108 Å². The first kappa shape index (κ1) is 22.0. The molecular formula is C31H40N4. The molecular weight excluding hydrogens is 428 g/mol. The van der Waals surface area contributed by atoms with Crippen molar-refractivity contribution in [3.63, 3.8) is 0 Å². The molecule has 2 aliphatic carbocycles. The molecule has 2 saturated carbocycles. The average molecular weight is 469 g/mol. The van der Waals surface area contributed by atoms with Gasteiger partial charge >= 0.3 is 0 Å². The Labute approximate surface area is 210 Å². The van der Waals surface area contributed by atoms with E-state index in [1.807, 2.05) is 12.3 Å². The van der Waals surface area contributed by atoms with E-state index in [-0.39, 0.29) is 0 Å². The number of hydrogen-bond acceptors (Lipinski definition) is 3. The number of imidazole rings is 1. The molecule has 0 amide bonds. The number of para-hydroxylation sites is 2. The van der Waals surface area contributed by atoms with Crippen molar-refractivity contribution < 1.29 is 0 Å². The maximum Gasteiger partial charge on any atom is 0.116 e. The highest BCUT2D eigenvalue weighted by Crippen LogP contribution is 2.47. The van der Waals surface area contributed by atoms with Gasteiger partial charge in [0.15, 0.2) is 0 Å². The van der Waals surface area contributed by atoms with Crippen LogP contribution in [-0.2, 0) is 6.42 Å². The van der Waals surface area contributed by atoms with E-state index in [9.17, 15) is 0 Å². The molecule has 3 aromatic rings. The molecule has 7 rings (SSSR count). The van der Waals surface area contributed by atoms with E-state index in [1.165, 1.54) is 88.4 Å². The third-order valence-electron chi connectivity index (χ3n) is 9.88. The van der Waals surface area contributed by atoms with E-state index in [0.717, 1.165) is 47.6 Å². The minimum atomic E-state index is 0.554. The van der Waals surface area contributed by atoms with Gasteiger partial charge in [-0.25, -0.2) is 4.98 Å². The number of benzene rings is 1. The predicted octanol–water partition coefficient (Wildman–Crippen LogP) is 6.94. The lowest BCUT2D eigenvalue weighted by Gasteiger charge is -2.54. The Bertz CT molecular complexity index is 1130. The van der Waals surface area contributed by atoms with E-state index in [0.29, 0.717) is 6.04 Å². The smallest absolute Gasteiger partial charge is 0.116 e. The van der Waals surface area contributed by atoms with Crippen molar-refractivity contribution in [1.29, 1.82) is 0 Å². The zero-order valence-corrected chi connectivity index (χ0v) is 21.1. The summed E-state index contributed by atoms with van der Waals surface area (Å²) in [7, 11) is 0. The summed E-state index contributed by atoms with van der Waals surface area (Å²) in [6.45, 7) is 0. The zero-order chi connectivity index (χ0) is 23.2. The summed E-state index contributed by atoms with van der Waals surface area (Å²) >= 11 is 0. The Morgan fingerprint density at radius 1 is 0.686 bits per heavy atom. The monoisotopic (exact) mass is 468 g/mol. The largest absolute Gasteiger partial charge is 0.324 e. The summed E-state index contributed by atoms with van der Waals surface area (Å²) in [4.78, 5) is 12.9. The van der Waals surface area contributed by atoms with Crippen LogP contribution in [0.4, 0.5) is 0 Å². The number of aromatic nitrogens is 3. The molecule has 1 aromatic carbocycles. The van der Waals surface area contributed by atoms with Crippen LogP contribution in [0.3, 0.4) is 0 Å². The van der Waals surface area contributed by atoms with Gasteiger partial charge in [0, 0.05) is 42.5 Å². The predicted molar refractivity (Wildman–Crippen MR) is 141 cm³/mol. The van der Waals surface area contributed by atoms with Crippen LogP contribution in [0.15, 0.2) is 48.7 Å². The van der Waals surface area contributed by atoms with Gasteiger partial charge in [-0.05, 0) is 81.0 Å². The highest BCUT2D eigenvalue weighted by atomic mass is 15.3. The van der Waals surface area contributed by atoms with Gasteiger partial charge in [0.05, 0.1) is 11.0 Å². The number of hydrogen-bond donors (Lipinski definition) is 0. The fraction of sp³-hybridized carbons (Fsp3) is 0.613. The summed E-state index contributed by atoms with van der Waals surface area (Å²) in [5.74, 6) is 3.20. The Kier molecular flexibility index (Phi) is 5.89. The molecule has 0 spiro atoms. The minimum Gasteiger partial charge on any atom is -0.324 e. The van der Waals surface area contributed by atoms with Gasteiger partial charge < -0.3 is 4.57 Å². The first-order valence-corrected chi connectivity index (χ1v) is 14.4. The van der Waals surface area contributed by atoms with Crippen molar-refractivity contribution in [3.05, 3.63) is 60.2 Å². The van der Waals surface area contributed by atoms with Gasteiger partial charge in [0.1, 0.15) is 5.82 Å². The lowest BCUT2D eigenvalue weighted by Crippen LogP contribution is -2.58. The number of nitrogens with zero attached hydrogens (tertiary/aromatic N) is 4. The number of rotatable bonds is 4. The Hall–Kier alpha value is -2.20. The molecule has 4 bridgehead atoms. The molecule has 0 unspecified atom stereocenters. The van der Waals surface area contributed by atoms with Crippen LogP contribution < -0.4 is 0 Å². The van der Waals surface area contributed by atoms with Crippen molar-refractivity contribution in [1.82, 2.24) is 19.4 Å². The summed E-state index contributed by atoms with van der Waals surface area (Å²) in [6.07, 6.45) is 19.9. The molecule has 4 fully saturated rings. The van der Waals surface area contributed by atoms with Gasteiger partial charge in [0.25, 0.3) is 0 Å². The lowest BCUT2D eigenvalue weighted by molar-refractivity contribution is -0.0419. The molecule has 4 aliphatic rings. The maximum atomic E-state index is 5.14. The van der Waals surface area contributed by atoms with Crippen molar-refractivity contribution >= 4 is 11.0 Å². The Balaban J connectivity index is 1.19. The molecule has 4 nitrogen and oxygen atoms in total. The van der Waals surface area contributed by atoms with E-state index in [2.05, 4.69) is 50.8 Å². The normalized spacial score (nSPS) is 33.5. The highest BCUT2D eigenvalue weighted by molar-refractivity contribution is 5.76. The van der Waals surface area contributed by atoms with Crippen molar-refractivity contribution in [3.8, 4) is 0 Å². The standard InChI is InChI=1S/C31H40N4/c1-2-9-23-16-22(8-1)17-27(18-23)34-25-11-7-12-26(34)21-28(20-25)35-30-14-4-3-13-29(30)33-31(35)19-24-10-5-6-15-32-24/h3-6,10,13-15,22-23,25-28H,1-2,7-9,11-12,16-21H2/t22-,23+,25-,26+,27-,28+. The summed E-state index contributed by atoms with van der Waals surface area (Å²) in [5, 5.41) is 0. The topological polar surface area (TPSA) is 34.0 Å². The van der Waals surface area contributed by atoms with Gasteiger partial charge in [-0.15, -0.1) is 0 Å². The van der Waals surface area contributed by atoms with Gasteiger partial charge in [-0.1, -0.05) is 50.3 Å². The summed E-state index contributed by atoms with van der Waals surface area (Å²) in [6, 6.07) is 17.9. The van der Waals surface area contributed by atoms with Gasteiger partial charge in [-0.3, -0.25) is 9.88 Å². The fourth-order valence-electron chi connectivity index (χ4n) is 8.60. The second kappa shape index (κ2) is 9.35. The Morgan fingerprint density at radius 2 is 1.43 bits per heavy atom. The van der Waals surface area contributed by atoms with Gasteiger partial charge in [-0.2, -0.15) is 0 Å². The second-order valence-corrected chi connectivity index (χ2v) is 12.1. The molecule has 0 radical (unpaired) electrons. The summed E-state index contributed by atoms with van der Waals surface area (Å²) < 4.78 is 2.63. The van der Waals surface area contributed by atoms with E-state index >= 15 is 0 Å². The molecule has 2 aliphatic heterocycles. The SMILES string of the molecule is c1ccc(Cc2nc3ccccc3n2[C@H]2C[C@H]3CCC[C@@H](C2)N3[C@@H]2C[C@@H]3CCCC[C@@H](C3)C2)nc1. The van der Waals surface area contributed by atoms with Gasteiger partial charge in [0.2, 0.25) is 0 Å². The third-order valence-corrected chi connectivity index (χ3v) is 9.88. The minimum absolute atomic E-state index is 0.554. The third kappa shape index (κ3) is 4.22. The average Bonchev–Trinajstić information content (AvgIpc) is 3.14. The molecule has 0 N–H and O–H groups in total. The number of piperidine rings is 2. The quantitative estimate of drug-likeness (QED) is 0.416. The fourth-order valence-corrected chi connectivity index (χ4v) is 8.60. The van der Waals surface area contributed by atoms with Crippen LogP contribution in [0.25, 0.3) is 11.0 Å². The van der Waals surface area contributed by atoms with Crippen LogP contribution in [0, 0.1) is 11.8 Å². The first-order valence-electron chi connectivity index (χ1n) is 14.4. The zero-order valence-electron chi connectivity index (χ0n) is 21.1. The molecule has 2 saturated heterocycles. The molecule has 4 heteroatoms. The van der Waals surface area contributed by atoms with Crippen molar-refractivity contribution in [2.75, 3.05) is 0 Å². The van der Waals surface area contributed by atoms with Crippen LogP contribution in [0.2, 0.25) is 0 Å². The maximum absolute atomic E-state index is 5.14. The molecule has 2 aromatic heterocycles. The van der Waals surface area contributed by atoms with Crippen molar-refractivity contribution in [2.24, 2.45) is 11.8 Å². The number of pyridine rings is 1. The van der Waals surface area contributed by atoms with E-state index in [1.54, 1.807) is 0 Å². The molecule has 4 heterocycles. The lowest BCUT2D eigenvalue weighted by atomic mass is 9.73. The van der Waals surface area contributed by atoms with Crippen LogP contribution in [0.1, 0.15) is 94.6 Å². The van der Waals surface area contributed by atoms with Crippen LogP contribution >= 0.6 is 0 Å². The highest BCUT2D eigenvalue weighted by Gasteiger charge is 2.45. The van der Waals surface area contributed by atoms with E-state index < -0.39 is 0 Å². The second-order valence-electron chi connectivity index (χ2n) is 12.1. The van der Waals surface area contributed by atoms with Crippen LogP contribution in [0.5, 0.6) is 0 Å².